The molecule has 3 aromatic rings. The minimum absolute atomic E-state index is 0.201. The lowest BCUT2D eigenvalue weighted by Crippen LogP contribution is -2.46. The normalized spacial score (nSPS) is 14.3. The first-order valence-electron chi connectivity index (χ1n) is 10.2. The number of hydrazine groups is 1. The Morgan fingerprint density at radius 3 is 2.08 bits per heavy atom. The Balaban J connectivity index is 1.56. The third kappa shape index (κ3) is 2.96. The van der Waals surface area contributed by atoms with E-state index in [9.17, 15) is 49.8 Å². The van der Waals surface area contributed by atoms with Crippen LogP contribution in [-0.2, 0) is 6.54 Å². The van der Waals surface area contributed by atoms with Gasteiger partial charge in [0, 0.05) is 6.07 Å². The van der Waals surface area contributed by atoms with Crippen LogP contribution in [0.2, 0.25) is 0 Å². The summed E-state index contributed by atoms with van der Waals surface area (Å²) in [6.45, 7) is -0.348. The summed E-state index contributed by atoms with van der Waals surface area (Å²) in [5.41, 5.74) is -2.22. The van der Waals surface area contributed by atoms with E-state index in [1.807, 2.05) is 0 Å². The molecule has 0 radical (unpaired) electrons. The van der Waals surface area contributed by atoms with Gasteiger partial charge < -0.3 is 36.0 Å². The largest absolute Gasteiger partial charge is 0.504 e. The molecule has 0 saturated heterocycles. The molecule has 0 fully saturated rings. The van der Waals surface area contributed by atoms with Crippen LogP contribution < -0.4 is 5.32 Å². The molecular formula is C23H15N3O10. The van der Waals surface area contributed by atoms with Crippen LogP contribution in [0.25, 0.3) is 0 Å². The number of para-hydroxylation sites is 1. The van der Waals surface area contributed by atoms with E-state index in [1.54, 1.807) is 0 Å². The zero-order valence-corrected chi connectivity index (χ0v) is 17.9. The molecule has 4 amide bonds. The van der Waals surface area contributed by atoms with E-state index >= 15 is 0 Å². The van der Waals surface area contributed by atoms with E-state index in [4.69, 9.17) is 0 Å². The number of phenolic OH excluding ortho intramolecular Hbond substituents is 6. The summed E-state index contributed by atoms with van der Waals surface area (Å²) in [5, 5.41) is 63.2. The minimum atomic E-state index is -1.20. The van der Waals surface area contributed by atoms with E-state index < -0.39 is 80.5 Å². The maximum atomic E-state index is 13.3. The second-order valence-corrected chi connectivity index (χ2v) is 7.92. The number of aromatic hydroxyl groups is 6. The number of rotatable bonds is 3. The molecule has 3 aromatic carbocycles. The maximum absolute atomic E-state index is 13.3. The van der Waals surface area contributed by atoms with Crippen LogP contribution in [0.5, 0.6) is 34.5 Å². The molecule has 2 aliphatic rings. The Labute approximate surface area is 200 Å². The predicted molar refractivity (Wildman–Crippen MR) is 118 cm³/mol. The van der Waals surface area contributed by atoms with Crippen molar-refractivity contribution in [1.82, 2.24) is 10.0 Å². The average molecular weight is 493 g/mol. The van der Waals surface area contributed by atoms with Gasteiger partial charge in [0.2, 0.25) is 0 Å². The van der Waals surface area contributed by atoms with Crippen LogP contribution >= 0.6 is 0 Å². The highest BCUT2D eigenvalue weighted by Crippen LogP contribution is 2.44. The molecule has 0 unspecified atom stereocenters. The molecule has 0 saturated carbocycles. The lowest BCUT2D eigenvalue weighted by atomic mass is 10.0. The number of phenols is 6. The summed E-state index contributed by atoms with van der Waals surface area (Å²) >= 11 is 0. The van der Waals surface area contributed by atoms with Gasteiger partial charge in [-0.1, -0.05) is 12.1 Å². The number of imide groups is 1. The van der Waals surface area contributed by atoms with Crippen LogP contribution in [-0.4, -0.2) is 64.3 Å². The fourth-order valence-corrected chi connectivity index (χ4v) is 4.13. The van der Waals surface area contributed by atoms with Gasteiger partial charge in [0.05, 0.1) is 28.9 Å². The van der Waals surface area contributed by atoms with Crippen molar-refractivity contribution in [3.8, 4) is 34.5 Å². The summed E-state index contributed by atoms with van der Waals surface area (Å²) in [7, 11) is 0. The second kappa shape index (κ2) is 7.53. The zero-order chi connectivity index (χ0) is 26.0. The monoisotopic (exact) mass is 493 g/mol. The molecule has 2 heterocycles. The number of carbonyl (C=O) groups excluding carboxylic acids is 4. The molecule has 182 valence electrons. The number of benzene rings is 3. The first-order valence-corrected chi connectivity index (χ1v) is 10.2. The number of nitrogens with zero attached hydrogens (tertiary/aromatic N) is 2. The second-order valence-electron chi connectivity index (χ2n) is 7.92. The van der Waals surface area contributed by atoms with E-state index in [-0.39, 0.29) is 17.7 Å². The van der Waals surface area contributed by atoms with Gasteiger partial charge in [0.1, 0.15) is 5.56 Å². The maximum Gasteiger partial charge on any atom is 0.284 e. The first kappa shape index (κ1) is 22.3. The molecule has 0 spiro atoms. The molecule has 7 N–H and O–H groups in total. The summed E-state index contributed by atoms with van der Waals surface area (Å²) in [6.07, 6.45) is 0. The van der Waals surface area contributed by atoms with Crippen molar-refractivity contribution in [2.24, 2.45) is 0 Å². The Bertz CT molecular complexity index is 1550. The van der Waals surface area contributed by atoms with E-state index in [0.717, 1.165) is 24.3 Å². The van der Waals surface area contributed by atoms with Crippen molar-refractivity contribution in [1.29, 1.82) is 0 Å². The summed E-state index contributed by atoms with van der Waals surface area (Å²) in [6, 6.07) is 6.79. The number of hydrogen-bond acceptors (Lipinski definition) is 10. The lowest BCUT2D eigenvalue weighted by Gasteiger charge is -2.25. The van der Waals surface area contributed by atoms with Crippen LogP contribution in [0.4, 0.5) is 5.69 Å². The Hall–Kier alpha value is -5.46. The molecule has 13 heteroatoms. The average Bonchev–Trinajstić information content (AvgIpc) is 3.29. The van der Waals surface area contributed by atoms with E-state index in [1.165, 1.54) is 12.1 Å². The third-order valence-corrected chi connectivity index (χ3v) is 5.85. The van der Waals surface area contributed by atoms with E-state index in [2.05, 4.69) is 5.32 Å². The quantitative estimate of drug-likeness (QED) is 0.158. The topological polar surface area (TPSA) is 208 Å². The van der Waals surface area contributed by atoms with Gasteiger partial charge in [-0.25, -0.2) is 5.01 Å². The minimum Gasteiger partial charge on any atom is -0.504 e. The van der Waals surface area contributed by atoms with Crippen LogP contribution in [0.3, 0.4) is 0 Å². The van der Waals surface area contributed by atoms with Gasteiger partial charge in [0.25, 0.3) is 23.6 Å². The van der Waals surface area contributed by atoms with Gasteiger partial charge in [-0.05, 0) is 23.8 Å². The molecular weight excluding hydrogens is 478 g/mol. The van der Waals surface area contributed by atoms with Crippen LogP contribution in [0, 0.1) is 0 Å². The van der Waals surface area contributed by atoms with Gasteiger partial charge >= 0.3 is 0 Å². The molecule has 0 aromatic heterocycles. The number of fused-ring (bicyclic) bond motifs is 2. The van der Waals surface area contributed by atoms with Crippen LogP contribution in [0.15, 0.2) is 36.4 Å². The van der Waals surface area contributed by atoms with Gasteiger partial charge in [-0.3, -0.25) is 19.2 Å². The molecule has 0 bridgehead atoms. The van der Waals surface area contributed by atoms with Crippen molar-refractivity contribution in [2.45, 2.75) is 6.54 Å². The van der Waals surface area contributed by atoms with Crippen molar-refractivity contribution in [2.75, 3.05) is 5.32 Å². The smallest absolute Gasteiger partial charge is 0.284 e. The first-order chi connectivity index (χ1) is 17.0. The highest BCUT2D eigenvalue weighted by Gasteiger charge is 2.48. The zero-order valence-electron chi connectivity index (χ0n) is 17.9. The number of amides is 4. The predicted octanol–water partition coefficient (Wildman–Crippen LogP) is 1.34. The molecule has 13 nitrogen and oxygen atoms in total. The highest BCUT2D eigenvalue weighted by atomic mass is 16.3. The Morgan fingerprint density at radius 2 is 1.36 bits per heavy atom. The molecule has 36 heavy (non-hydrogen) atoms. The number of carbonyl (C=O) groups is 4. The van der Waals surface area contributed by atoms with Crippen molar-refractivity contribution in [3.63, 3.8) is 0 Å². The van der Waals surface area contributed by atoms with Gasteiger partial charge in [-0.15, -0.1) is 0 Å². The van der Waals surface area contributed by atoms with Crippen molar-refractivity contribution < 1.29 is 49.8 Å². The summed E-state index contributed by atoms with van der Waals surface area (Å²) < 4.78 is 0. The Kier molecular flexibility index (Phi) is 4.67. The fraction of sp³-hybridized carbons (Fsp3) is 0.0435. The third-order valence-electron chi connectivity index (χ3n) is 5.85. The fourth-order valence-electron chi connectivity index (χ4n) is 4.13. The van der Waals surface area contributed by atoms with Gasteiger partial charge in [0.15, 0.2) is 34.5 Å². The van der Waals surface area contributed by atoms with Crippen molar-refractivity contribution >= 4 is 29.3 Å². The molecule has 0 atom stereocenters. The molecule has 5 rings (SSSR count). The number of hydrogen-bond donors (Lipinski definition) is 7. The summed E-state index contributed by atoms with van der Waals surface area (Å²) in [5.74, 6) is -8.91. The highest BCUT2D eigenvalue weighted by molar-refractivity contribution is 6.27. The molecule has 2 aliphatic heterocycles. The Morgan fingerprint density at radius 1 is 0.722 bits per heavy atom. The van der Waals surface area contributed by atoms with Crippen LogP contribution in [0.1, 0.15) is 47.0 Å². The number of anilines is 1. The van der Waals surface area contributed by atoms with E-state index in [0.29, 0.717) is 10.0 Å². The summed E-state index contributed by atoms with van der Waals surface area (Å²) in [4.78, 5) is 52.2. The SMILES string of the molecule is O=C(Nc1cc(O)c(O)c2c1C(=O)N(N1Cc3ccc(O)c(O)c3C1=O)C2=O)c1cccc(O)c1O. The van der Waals surface area contributed by atoms with Crippen molar-refractivity contribution in [3.05, 3.63) is 64.2 Å². The molecule has 0 aliphatic carbocycles. The number of nitrogens with one attached hydrogen (secondary N) is 1. The standard InChI is InChI=1S/C23H15N3O10/c27-11-3-1-2-9(17(11)30)20(33)24-10-6-13(29)19(32)16-15(10)22(35)26(23(16)36)25-7-8-4-5-12(28)18(31)14(8)21(25)34/h1-6,27-32H,7H2,(H,24,33). The van der Waals surface area contributed by atoms with Gasteiger partial charge in [-0.2, -0.15) is 5.01 Å². The lowest BCUT2D eigenvalue weighted by molar-refractivity contribution is 0.00471.